The van der Waals surface area contributed by atoms with E-state index in [1.54, 1.807) is 18.2 Å². The summed E-state index contributed by atoms with van der Waals surface area (Å²) in [7, 11) is -3.65. The number of sulfonamides is 1. The summed E-state index contributed by atoms with van der Waals surface area (Å²) in [4.78, 5) is 2.71. The lowest BCUT2D eigenvalue weighted by Gasteiger charge is -2.35. The van der Waals surface area contributed by atoms with Gasteiger partial charge in [-0.1, -0.05) is 0 Å². The van der Waals surface area contributed by atoms with Crippen molar-refractivity contribution in [2.24, 2.45) is 5.14 Å². The van der Waals surface area contributed by atoms with Crippen molar-refractivity contribution in [2.45, 2.75) is 42.7 Å². The molecule has 2 saturated heterocycles. The lowest BCUT2D eigenvalue weighted by molar-refractivity contribution is 0.188. The van der Waals surface area contributed by atoms with Gasteiger partial charge in [0.25, 0.3) is 0 Å². The van der Waals surface area contributed by atoms with E-state index >= 15 is 0 Å². The number of nitrogens with one attached hydrogen (secondary N) is 1. The molecule has 2 unspecified atom stereocenters. The zero-order valence-corrected chi connectivity index (χ0v) is 14.2. The summed E-state index contributed by atoms with van der Waals surface area (Å²) < 4.78 is 23.4. The number of hydrogen-bond acceptors (Lipinski definition) is 4. The molecule has 0 bridgehead atoms. The first kappa shape index (κ1) is 15.3. The van der Waals surface area contributed by atoms with Crippen LogP contribution in [-0.2, 0) is 10.0 Å². The highest BCUT2D eigenvalue weighted by atomic mass is 79.9. The molecule has 0 radical (unpaired) electrons. The molecule has 116 valence electrons. The summed E-state index contributed by atoms with van der Waals surface area (Å²) >= 11 is 3.43. The van der Waals surface area contributed by atoms with Gasteiger partial charge in [-0.05, 0) is 66.4 Å². The van der Waals surface area contributed by atoms with Crippen LogP contribution in [0.3, 0.4) is 0 Å². The van der Waals surface area contributed by atoms with Gasteiger partial charge in [0.1, 0.15) is 0 Å². The molecule has 5 nitrogen and oxygen atoms in total. The molecule has 0 saturated carbocycles. The first-order valence-electron chi connectivity index (χ1n) is 7.26. The minimum atomic E-state index is -3.65. The average molecular weight is 374 g/mol. The third kappa shape index (κ3) is 3.41. The lowest BCUT2D eigenvalue weighted by Crippen LogP contribution is -2.42. The largest absolute Gasteiger partial charge is 0.381 e. The maximum atomic E-state index is 11.3. The molecule has 0 spiro atoms. The van der Waals surface area contributed by atoms with Crippen molar-refractivity contribution in [1.29, 1.82) is 0 Å². The van der Waals surface area contributed by atoms with E-state index in [0.717, 1.165) is 29.5 Å². The van der Waals surface area contributed by atoms with E-state index in [4.69, 9.17) is 5.14 Å². The Kier molecular flexibility index (Phi) is 4.27. The van der Waals surface area contributed by atoms with E-state index in [1.165, 1.54) is 19.4 Å². The fraction of sp³-hybridized carbons (Fsp3) is 0.571. The van der Waals surface area contributed by atoms with Crippen molar-refractivity contribution < 1.29 is 8.42 Å². The van der Waals surface area contributed by atoms with E-state index in [-0.39, 0.29) is 4.90 Å². The van der Waals surface area contributed by atoms with Crippen molar-refractivity contribution in [2.75, 3.05) is 18.4 Å². The van der Waals surface area contributed by atoms with E-state index in [1.807, 2.05) is 0 Å². The Morgan fingerprint density at radius 2 is 2.10 bits per heavy atom. The Morgan fingerprint density at radius 1 is 1.29 bits per heavy atom. The highest BCUT2D eigenvalue weighted by Crippen LogP contribution is 2.31. The smallest absolute Gasteiger partial charge is 0.238 e. The van der Waals surface area contributed by atoms with Gasteiger partial charge in [-0.2, -0.15) is 0 Å². The van der Waals surface area contributed by atoms with Gasteiger partial charge in [-0.3, -0.25) is 0 Å². The molecule has 2 fully saturated rings. The van der Waals surface area contributed by atoms with Crippen molar-refractivity contribution in [3.8, 4) is 0 Å². The first-order chi connectivity index (χ1) is 9.93. The second-order valence-corrected chi connectivity index (χ2v) is 8.30. The monoisotopic (exact) mass is 373 g/mol. The Labute approximate surface area is 134 Å². The first-order valence-corrected chi connectivity index (χ1v) is 9.60. The van der Waals surface area contributed by atoms with E-state index in [9.17, 15) is 8.42 Å². The third-order valence-corrected chi connectivity index (χ3v) is 6.02. The molecule has 1 aromatic carbocycles. The normalized spacial score (nSPS) is 26.6. The molecular formula is C14H20BrN3O2S. The molecule has 7 heteroatoms. The second-order valence-electron chi connectivity index (χ2n) is 5.88. The fourth-order valence-electron chi connectivity index (χ4n) is 3.37. The molecule has 2 aliphatic heterocycles. The molecule has 2 aliphatic rings. The number of benzene rings is 1. The van der Waals surface area contributed by atoms with Crippen molar-refractivity contribution in [3.63, 3.8) is 0 Å². The van der Waals surface area contributed by atoms with Crippen LogP contribution in [0.4, 0.5) is 5.69 Å². The van der Waals surface area contributed by atoms with Crippen LogP contribution in [0.25, 0.3) is 0 Å². The molecule has 0 aliphatic carbocycles. The van der Waals surface area contributed by atoms with Crippen LogP contribution >= 0.6 is 15.9 Å². The lowest BCUT2D eigenvalue weighted by atomic mass is 9.97. The summed E-state index contributed by atoms with van der Waals surface area (Å²) in [5.41, 5.74) is 0.929. The Morgan fingerprint density at radius 3 is 2.81 bits per heavy atom. The fourth-order valence-corrected chi connectivity index (χ4v) is 4.55. The molecule has 0 aromatic heterocycles. The minimum absolute atomic E-state index is 0.130. The molecular weight excluding hydrogens is 354 g/mol. The number of piperidine rings is 1. The number of nitrogens with two attached hydrogens (primary N) is 1. The molecule has 2 heterocycles. The number of nitrogens with zero attached hydrogens (tertiary/aromatic N) is 1. The number of hydrogen-bond donors (Lipinski definition) is 2. The predicted molar refractivity (Wildman–Crippen MR) is 86.8 cm³/mol. The van der Waals surface area contributed by atoms with Gasteiger partial charge in [0.05, 0.1) is 4.90 Å². The average Bonchev–Trinajstić information content (AvgIpc) is 2.87. The van der Waals surface area contributed by atoms with Crippen LogP contribution in [0.1, 0.15) is 25.7 Å². The highest BCUT2D eigenvalue weighted by molar-refractivity contribution is 9.10. The number of halogens is 1. The molecule has 0 amide bonds. The Balaban J connectivity index is 1.70. The predicted octanol–water partition coefficient (Wildman–Crippen LogP) is 2.14. The van der Waals surface area contributed by atoms with Gasteiger partial charge in [0.2, 0.25) is 10.0 Å². The number of fused-ring (bicyclic) bond motifs is 1. The molecule has 3 rings (SSSR count). The van der Waals surface area contributed by atoms with Gasteiger partial charge in [-0.15, -0.1) is 0 Å². The summed E-state index contributed by atoms with van der Waals surface area (Å²) in [6, 6.07) is 6.04. The maximum Gasteiger partial charge on any atom is 0.238 e. The maximum absolute atomic E-state index is 11.3. The molecule has 21 heavy (non-hydrogen) atoms. The van der Waals surface area contributed by atoms with Gasteiger partial charge >= 0.3 is 0 Å². The van der Waals surface area contributed by atoms with Crippen LogP contribution in [-0.4, -0.2) is 38.5 Å². The summed E-state index contributed by atoms with van der Waals surface area (Å²) in [6.07, 6.45) is 4.89. The van der Waals surface area contributed by atoms with Crippen molar-refractivity contribution in [3.05, 3.63) is 22.7 Å². The zero-order valence-electron chi connectivity index (χ0n) is 11.8. The summed E-state index contributed by atoms with van der Waals surface area (Å²) in [5.74, 6) is 0. The Hall–Kier alpha value is -0.630. The molecule has 1 aromatic rings. The van der Waals surface area contributed by atoms with Gasteiger partial charge < -0.3 is 10.2 Å². The highest BCUT2D eigenvalue weighted by Gasteiger charge is 2.31. The van der Waals surface area contributed by atoms with Crippen LogP contribution in [0.5, 0.6) is 0 Å². The quantitative estimate of drug-likeness (QED) is 0.850. The van der Waals surface area contributed by atoms with Crippen molar-refractivity contribution in [1.82, 2.24) is 4.90 Å². The van der Waals surface area contributed by atoms with Crippen LogP contribution in [0.2, 0.25) is 0 Å². The number of rotatable bonds is 3. The number of anilines is 1. The van der Waals surface area contributed by atoms with Crippen LogP contribution in [0.15, 0.2) is 27.6 Å². The molecule has 3 N–H and O–H groups in total. The molecule has 2 atom stereocenters. The SMILES string of the molecule is NS(=O)(=O)c1ccc(NC2CCN3CCCC3C2)c(Br)c1. The van der Waals surface area contributed by atoms with Crippen molar-refractivity contribution >= 4 is 31.6 Å². The van der Waals surface area contributed by atoms with E-state index in [2.05, 4.69) is 26.1 Å². The third-order valence-electron chi connectivity index (χ3n) is 4.45. The topological polar surface area (TPSA) is 75.4 Å². The Bertz CT molecular complexity index is 635. The van der Waals surface area contributed by atoms with Gasteiger partial charge in [0.15, 0.2) is 0 Å². The number of primary sulfonamides is 1. The van der Waals surface area contributed by atoms with Gasteiger partial charge in [0, 0.05) is 28.8 Å². The minimum Gasteiger partial charge on any atom is -0.381 e. The standard InChI is InChI=1S/C14H20BrN3O2S/c15-13-9-12(21(16,19)20)3-4-14(13)17-10-5-7-18-6-1-2-11(18)8-10/h3-4,9-11,17H,1-2,5-8H2,(H2,16,19,20). The second kappa shape index (κ2) is 5.87. The zero-order chi connectivity index (χ0) is 15.0. The van der Waals surface area contributed by atoms with E-state index < -0.39 is 10.0 Å². The summed E-state index contributed by atoms with van der Waals surface area (Å²) in [6.45, 7) is 2.39. The van der Waals surface area contributed by atoms with Crippen LogP contribution in [0, 0.1) is 0 Å². The van der Waals surface area contributed by atoms with Crippen LogP contribution < -0.4 is 10.5 Å². The van der Waals surface area contributed by atoms with E-state index in [0.29, 0.717) is 12.1 Å². The van der Waals surface area contributed by atoms with Gasteiger partial charge in [-0.25, -0.2) is 13.6 Å². The summed E-state index contributed by atoms with van der Waals surface area (Å²) in [5, 5.41) is 8.68.